The van der Waals surface area contributed by atoms with Crippen LogP contribution in [0.2, 0.25) is 0 Å². The number of nitrogens with zero attached hydrogens (tertiary/aromatic N) is 1. The quantitative estimate of drug-likeness (QED) is 0.605. The lowest BCUT2D eigenvalue weighted by Gasteiger charge is -2.38. The van der Waals surface area contributed by atoms with Gasteiger partial charge in [0.25, 0.3) is 0 Å². The zero-order valence-electron chi connectivity index (χ0n) is 11.4. The molecule has 1 amide bonds. The Morgan fingerprint density at radius 1 is 1.35 bits per heavy atom. The van der Waals surface area contributed by atoms with E-state index in [0.717, 1.165) is 31.8 Å². The summed E-state index contributed by atoms with van der Waals surface area (Å²) in [5.74, 6) is 5.91. The van der Waals surface area contributed by atoms with Crippen LogP contribution in [0.3, 0.4) is 0 Å². The first-order valence-electron chi connectivity index (χ1n) is 6.54. The molecule has 1 saturated heterocycles. The highest BCUT2D eigenvalue weighted by molar-refractivity contribution is 5.76. The predicted molar refractivity (Wildman–Crippen MR) is 68.1 cm³/mol. The van der Waals surface area contributed by atoms with Crippen LogP contribution in [0.1, 0.15) is 46.5 Å². The Bertz CT molecular complexity index is 240. The molecule has 0 aliphatic carbocycles. The molecule has 0 aromatic rings. The molecule has 0 aromatic heterocycles. The maximum Gasteiger partial charge on any atom is 0.222 e. The van der Waals surface area contributed by atoms with E-state index in [1.165, 1.54) is 0 Å². The van der Waals surface area contributed by atoms with Crippen LogP contribution in [0, 0.1) is 11.3 Å². The Hall–Kier alpha value is -0.610. The van der Waals surface area contributed by atoms with Crippen LogP contribution in [0.25, 0.3) is 0 Å². The number of carbonyl (C=O) groups is 1. The average Bonchev–Trinajstić information content (AvgIpc) is 2.28. The topological polar surface area (TPSA) is 55.6 Å². The van der Waals surface area contributed by atoms with Crippen LogP contribution >= 0.6 is 0 Å². The van der Waals surface area contributed by atoms with Gasteiger partial charge in [0.05, 0.1) is 6.61 Å². The average molecular weight is 242 g/mol. The lowest BCUT2D eigenvalue weighted by molar-refractivity contribution is -0.133. The van der Waals surface area contributed by atoms with E-state index in [9.17, 15) is 4.79 Å². The number of carbonyl (C=O) groups excluding carboxylic acids is 1. The highest BCUT2D eigenvalue weighted by Gasteiger charge is 2.29. The Balaban J connectivity index is 2.29. The van der Waals surface area contributed by atoms with E-state index < -0.39 is 0 Å². The molecule has 100 valence electrons. The van der Waals surface area contributed by atoms with Gasteiger partial charge in [0.2, 0.25) is 5.91 Å². The molecule has 0 saturated carbocycles. The predicted octanol–water partition coefficient (Wildman–Crippen LogP) is 1.94. The molecule has 4 heteroatoms. The van der Waals surface area contributed by atoms with Gasteiger partial charge < -0.3 is 9.74 Å². The number of hydrogen-bond donors (Lipinski definition) is 1. The molecule has 1 aliphatic heterocycles. The van der Waals surface area contributed by atoms with Gasteiger partial charge in [-0.05, 0) is 30.6 Å². The molecule has 4 nitrogen and oxygen atoms in total. The number of piperidine rings is 1. The van der Waals surface area contributed by atoms with Gasteiger partial charge in [-0.25, -0.2) is 5.90 Å². The molecular formula is C13H26N2O2. The number of amides is 1. The van der Waals surface area contributed by atoms with Crippen LogP contribution in [0.15, 0.2) is 0 Å². The molecule has 0 unspecified atom stereocenters. The summed E-state index contributed by atoms with van der Waals surface area (Å²) in [6.07, 6.45) is 3.52. The monoisotopic (exact) mass is 242 g/mol. The maximum atomic E-state index is 11.9. The molecular weight excluding hydrogens is 216 g/mol. The zero-order chi connectivity index (χ0) is 12.9. The summed E-state index contributed by atoms with van der Waals surface area (Å²) in [6.45, 7) is 9.13. The third-order valence-corrected chi connectivity index (χ3v) is 3.73. The van der Waals surface area contributed by atoms with Gasteiger partial charge in [-0.1, -0.05) is 20.8 Å². The van der Waals surface area contributed by atoms with Crippen molar-refractivity contribution in [1.82, 2.24) is 4.90 Å². The SMILES string of the molecule is CC(C)(C)C1CCN(C(=O)CCCON)CC1. The fourth-order valence-corrected chi connectivity index (χ4v) is 2.46. The molecule has 0 radical (unpaired) electrons. The normalized spacial score (nSPS) is 18.5. The highest BCUT2D eigenvalue weighted by Crippen LogP contribution is 2.34. The van der Waals surface area contributed by atoms with Crippen molar-refractivity contribution in [1.29, 1.82) is 0 Å². The van der Waals surface area contributed by atoms with Crippen molar-refractivity contribution < 1.29 is 9.63 Å². The number of nitrogens with two attached hydrogens (primary N) is 1. The van der Waals surface area contributed by atoms with Crippen molar-refractivity contribution in [2.45, 2.75) is 46.5 Å². The third-order valence-electron chi connectivity index (χ3n) is 3.73. The van der Waals surface area contributed by atoms with E-state index in [-0.39, 0.29) is 5.91 Å². The van der Waals surface area contributed by atoms with Crippen LogP contribution in [0.4, 0.5) is 0 Å². The molecule has 0 atom stereocenters. The van der Waals surface area contributed by atoms with Gasteiger partial charge in [-0.3, -0.25) is 4.79 Å². The Labute approximate surface area is 104 Å². The van der Waals surface area contributed by atoms with Crippen LogP contribution < -0.4 is 5.90 Å². The maximum absolute atomic E-state index is 11.9. The number of likely N-dealkylation sites (tertiary alicyclic amines) is 1. The fraction of sp³-hybridized carbons (Fsp3) is 0.923. The number of rotatable bonds is 4. The third kappa shape index (κ3) is 4.64. The van der Waals surface area contributed by atoms with Crippen molar-refractivity contribution in [3.63, 3.8) is 0 Å². The van der Waals surface area contributed by atoms with Gasteiger partial charge in [-0.2, -0.15) is 0 Å². The van der Waals surface area contributed by atoms with Crippen molar-refractivity contribution in [3.05, 3.63) is 0 Å². The van der Waals surface area contributed by atoms with E-state index in [1.54, 1.807) is 0 Å². The lowest BCUT2D eigenvalue weighted by atomic mass is 9.75. The van der Waals surface area contributed by atoms with Crippen LogP contribution in [-0.4, -0.2) is 30.5 Å². The first-order valence-corrected chi connectivity index (χ1v) is 6.54. The van der Waals surface area contributed by atoms with E-state index in [4.69, 9.17) is 5.90 Å². The minimum absolute atomic E-state index is 0.245. The van der Waals surface area contributed by atoms with Gasteiger partial charge >= 0.3 is 0 Å². The molecule has 1 heterocycles. The fourth-order valence-electron chi connectivity index (χ4n) is 2.46. The first kappa shape index (κ1) is 14.5. The summed E-state index contributed by atoms with van der Waals surface area (Å²) in [6, 6.07) is 0. The Morgan fingerprint density at radius 2 is 1.94 bits per heavy atom. The van der Waals surface area contributed by atoms with Crippen LogP contribution in [-0.2, 0) is 9.63 Å². The second-order valence-corrected chi connectivity index (χ2v) is 6.00. The summed E-state index contributed by atoms with van der Waals surface area (Å²) < 4.78 is 0. The first-order chi connectivity index (χ1) is 7.95. The molecule has 17 heavy (non-hydrogen) atoms. The van der Waals surface area contributed by atoms with Crippen molar-refractivity contribution in [3.8, 4) is 0 Å². The molecule has 1 fully saturated rings. The van der Waals surface area contributed by atoms with E-state index in [0.29, 0.717) is 24.9 Å². The molecule has 0 spiro atoms. The highest BCUT2D eigenvalue weighted by atomic mass is 16.6. The van der Waals surface area contributed by atoms with Gasteiger partial charge in [0.15, 0.2) is 0 Å². The van der Waals surface area contributed by atoms with E-state index in [1.807, 2.05) is 4.90 Å². The Morgan fingerprint density at radius 3 is 2.41 bits per heavy atom. The molecule has 1 aliphatic rings. The summed E-state index contributed by atoms with van der Waals surface area (Å²) in [5.41, 5.74) is 0.364. The van der Waals surface area contributed by atoms with Gasteiger partial charge in [0.1, 0.15) is 0 Å². The van der Waals surface area contributed by atoms with Crippen molar-refractivity contribution in [2.75, 3.05) is 19.7 Å². The smallest absolute Gasteiger partial charge is 0.222 e. The molecule has 0 aromatic carbocycles. The van der Waals surface area contributed by atoms with Crippen molar-refractivity contribution >= 4 is 5.91 Å². The second kappa shape index (κ2) is 6.36. The van der Waals surface area contributed by atoms with Crippen LogP contribution in [0.5, 0.6) is 0 Å². The van der Waals surface area contributed by atoms with Gasteiger partial charge in [0, 0.05) is 19.5 Å². The lowest BCUT2D eigenvalue weighted by Crippen LogP contribution is -2.41. The second-order valence-electron chi connectivity index (χ2n) is 6.00. The summed E-state index contributed by atoms with van der Waals surface area (Å²) >= 11 is 0. The summed E-state index contributed by atoms with van der Waals surface area (Å²) in [7, 11) is 0. The van der Waals surface area contributed by atoms with E-state index >= 15 is 0 Å². The zero-order valence-corrected chi connectivity index (χ0v) is 11.4. The minimum Gasteiger partial charge on any atom is -0.343 e. The standard InChI is InChI=1S/C13H26N2O2/c1-13(2,3)11-6-8-15(9-7-11)12(16)5-4-10-17-14/h11H,4-10,14H2,1-3H3. The van der Waals surface area contributed by atoms with Crippen molar-refractivity contribution in [2.24, 2.45) is 17.2 Å². The number of hydrogen-bond acceptors (Lipinski definition) is 3. The Kier molecular flexibility index (Phi) is 5.40. The van der Waals surface area contributed by atoms with E-state index in [2.05, 4.69) is 25.6 Å². The molecule has 1 rings (SSSR count). The molecule has 0 bridgehead atoms. The van der Waals surface area contributed by atoms with Gasteiger partial charge in [-0.15, -0.1) is 0 Å². The molecule has 2 N–H and O–H groups in total. The largest absolute Gasteiger partial charge is 0.343 e. The minimum atomic E-state index is 0.245. The summed E-state index contributed by atoms with van der Waals surface area (Å²) in [5, 5.41) is 0. The summed E-state index contributed by atoms with van der Waals surface area (Å²) in [4.78, 5) is 18.3.